The molecule has 0 radical (unpaired) electrons. The van der Waals surface area contributed by atoms with Gasteiger partial charge in [0, 0.05) is 0 Å². The second kappa shape index (κ2) is 5.92. The fourth-order valence-corrected chi connectivity index (χ4v) is 2.90. The van der Waals surface area contributed by atoms with Crippen LogP contribution in [0.4, 0.5) is 13.2 Å². The molecule has 2 unspecified atom stereocenters. The maximum absolute atomic E-state index is 13.0. The summed E-state index contributed by atoms with van der Waals surface area (Å²) in [4.78, 5) is 12.2. The number of alkyl halides is 3. The Morgan fingerprint density at radius 3 is 2.60 bits per heavy atom. The quantitative estimate of drug-likeness (QED) is 0.792. The van der Waals surface area contributed by atoms with E-state index in [1.54, 1.807) is 6.92 Å². The third-order valence-corrected chi connectivity index (χ3v) is 4.31. The molecular formula is C14H22F3NO2. The Labute approximate surface area is 117 Å². The topological polar surface area (TPSA) is 38.3 Å². The van der Waals surface area contributed by atoms with E-state index in [1.807, 2.05) is 0 Å². The molecule has 0 aromatic rings. The second-order valence-electron chi connectivity index (χ2n) is 5.96. The summed E-state index contributed by atoms with van der Waals surface area (Å²) in [5.41, 5.74) is -1.14. The Morgan fingerprint density at radius 1 is 1.35 bits per heavy atom. The molecule has 2 fully saturated rings. The normalized spacial score (nSPS) is 31.1. The van der Waals surface area contributed by atoms with Gasteiger partial charge in [0.25, 0.3) is 0 Å². The van der Waals surface area contributed by atoms with Crippen LogP contribution in [-0.2, 0) is 9.53 Å². The van der Waals surface area contributed by atoms with Crippen molar-refractivity contribution >= 4 is 5.97 Å². The van der Waals surface area contributed by atoms with E-state index in [0.29, 0.717) is 25.3 Å². The first kappa shape index (κ1) is 15.6. The summed E-state index contributed by atoms with van der Waals surface area (Å²) in [5.74, 6) is -1.42. The third-order valence-electron chi connectivity index (χ3n) is 4.31. The first-order valence-electron chi connectivity index (χ1n) is 7.36. The van der Waals surface area contributed by atoms with Gasteiger partial charge in [0.05, 0.1) is 12.5 Å². The van der Waals surface area contributed by atoms with E-state index < -0.39 is 23.6 Å². The number of esters is 1. The molecule has 2 aliphatic rings. The average molecular weight is 293 g/mol. The van der Waals surface area contributed by atoms with Crippen LogP contribution in [0, 0.1) is 11.8 Å². The number of hydrogen-bond donors (Lipinski definition) is 1. The van der Waals surface area contributed by atoms with Crippen LogP contribution >= 0.6 is 0 Å². The zero-order chi connectivity index (χ0) is 14.8. The molecule has 2 saturated carbocycles. The number of rotatable bonds is 5. The van der Waals surface area contributed by atoms with Crippen LogP contribution in [-0.4, -0.2) is 30.8 Å². The summed E-state index contributed by atoms with van der Waals surface area (Å²) in [6.07, 6.45) is -1.30. The predicted octanol–water partition coefficient (Wildman–Crippen LogP) is 3.04. The van der Waals surface area contributed by atoms with Crippen molar-refractivity contribution in [2.24, 2.45) is 11.8 Å². The van der Waals surface area contributed by atoms with E-state index in [-0.39, 0.29) is 19.4 Å². The van der Waals surface area contributed by atoms with Crippen molar-refractivity contribution in [3.05, 3.63) is 0 Å². The molecule has 0 aromatic carbocycles. The number of carbonyl (C=O) groups is 1. The van der Waals surface area contributed by atoms with E-state index in [0.717, 1.165) is 12.8 Å². The third kappa shape index (κ3) is 3.65. The maximum Gasteiger partial charge on any atom is 0.391 e. The molecule has 1 N–H and O–H groups in total. The van der Waals surface area contributed by atoms with Crippen LogP contribution in [0.2, 0.25) is 0 Å². The molecule has 0 aliphatic heterocycles. The molecule has 2 rings (SSSR count). The molecule has 116 valence electrons. The van der Waals surface area contributed by atoms with Gasteiger partial charge in [0.2, 0.25) is 0 Å². The lowest BCUT2D eigenvalue weighted by atomic mass is 9.75. The molecule has 0 heterocycles. The number of nitrogens with one attached hydrogen (secondary N) is 1. The summed E-state index contributed by atoms with van der Waals surface area (Å²) in [5, 5.41) is 3.11. The number of carbonyl (C=O) groups excluding carboxylic acids is 1. The Bertz CT molecular complexity index is 355. The molecule has 2 atom stereocenters. The Hall–Kier alpha value is -0.780. The lowest BCUT2D eigenvalue weighted by molar-refractivity contribution is -0.192. The number of ether oxygens (including phenoxy) is 1. The summed E-state index contributed by atoms with van der Waals surface area (Å²) in [7, 11) is 0. The SMILES string of the molecule is CCOC(=O)C1(NCC2CC2)CCCC(C(F)(F)F)C1. The van der Waals surface area contributed by atoms with E-state index in [9.17, 15) is 18.0 Å². The Kier molecular flexibility index (Phi) is 4.62. The van der Waals surface area contributed by atoms with Gasteiger partial charge in [0.1, 0.15) is 5.54 Å². The second-order valence-corrected chi connectivity index (χ2v) is 5.96. The fraction of sp³-hybridized carbons (Fsp3) is 0.929. The van der Waals surface area contributed by atoms with Crippen LogP contribution in [0.25, 0.3) is 0 Å². The minimum Gasteiger partial charge on any atom is -0.465 e. The lowest BCUT2D eigenvalue weighted by Gasteiger charge is -2.40. The average Bonchev–Trinajstić information content (AvgIpc) is 3.20. The van der Waals surface area contributed by atoms with Gasteiger partial charge in [-0.25, -0.2) is 0 Å². The highest BCUT2D eigenvalue weighted by Crippen LogP contribution is 2.42. The van der Waals surface area contributed by atoms with Crippen molar-refractivity contribution in [1.29, 1.82) is 0 Å². The number of halogens is 3. The van der Waals surface area contributed by atoms with Gasteiger partial charge in [-0.3, -0.25) is 4.79 Å². The molecule has 3 nitrogen and oxygen atoms in total. The molecular weight excluding hydrogens is 271 g/mol. The largest absolute Gasteiger partial charge is 0.465 e. The Morgan fingerprint density at radius 2 is 2.05 bits per heavy atom. The lowest BCUT2D eigenvalue weighted by Crippen LogP contribution is -2.57. The van der Waals surface area contributed by atoms with Gasteiger partial charge >= 0.3 is 12.1 Å². The highest BCUT2D eigenvalue weighted by molar-refractivity contribution is 5.81. The van der Waals surface area contributed by atoms with E-state index in [2.05, 4.69) is 5.32 Å². The van der Waals surface area contributed by atoms with Crippen molar-refractivity contribution in [2.45, 2.75) is 57.2 Å². The molecule has 0 saturated heterocycles. The minimum absolute atomic E-state index is 0.107. The van der Waals surface area contributed by atoms with Gasteiger partial charge in [-0.05, 0) is 51.5 Å². The van der Waals surface area contributed by atoms with Crippen molar-refractivity contribution < 1.29 is 22.7 Å². The van der Waals surface area contributed by atoms with Crippen LogP contribution in [0.1, 0.15) is 45.4 Å². The first-order valence-corrected chi connectivity index (χ1v) is 7.36. The molecule has 0 bridgehead atoms. The highest BCUT2D eigenvalue weighted by atomic mass is 19.4. The zero-order valence-corrected chi connectivity index (χ0v) is 11.8. The smallest absolute Gasteiger partial charge is 0.391 e. The molecule has 2 aliphatic carbocycles. The van der Waals surface area contributed by atoms with Gasteiger partial charge in [-0.2, -0.15) is 13.2 Å². The minimum atomic E-state index is -4.24. The van der Waals surface area contributed by atoms with Gasteiger partial charge < -0.3 is 10.1 Å². The summed E-state index contributed by atoms with van der Waals surface area (Å²) in [6.45, 7) is 2.49. The number of hydrogen-bond acceptors (Lipinski definition) is 3. The van der Waals surface area contributed by atoms with Crippen LogP contribution in [0.5, 0.6) is 0 Å². The highest BCUT2D eigenvalue weighted by Gasteiger charge is 2.51. The standard InChI is InChI=1S/C14H22F3NO2/c1-2-20-12(19)13(18-9-10-5-6-10)7-3-4-11(8-13)14(15,16)17/h10-11,18H,2-9H2,1H3. The summed E-state index contributed by atoms with van der Waals surface area (Å²) >= 11 is 0. The van der Waals surface area contributed by atoms with Crippen molar-refractivity contribution in [1.82, 2.24) is 5.32 Å². The van der Waals surface area contributed by atoms with E-state index in [4.69, 9.17) is 4.74 Å². The molecule has 0 aromatic heterocycles. The van der Waals surface area contributed by atoms with Crippen LogP contribution < -0.4 is 5.32 Å². The summed E-state index contributed by atoms with van der Waals surface area (Å²) < 4.78 is 43.9. The zero-order valence-electron chi connectivity index (χ0n) is 11.8. The van der Waals surface area contributed by atoms with Gasteiger partial charge in [-0.15, -0.1) is 0 Å². The van der Waals surface area contributed by atoms with Gasteiger partial charge in [-0.1, -0.05) is 6.42 Å². The first-order chi connectivity index (χ1) is 9.37. The predicted molar refractivity (Wildman–Crippen MR) is 68.1 cm³/mol. The summed E-state index contributed by atoms with van der Waals surface area (Å²) in [6, 6.07) is 0. The molecule has 0 spiro atoms. The van der Waals surface area contributed by atoms with E-state index in [1.165, 1.54) is 0 Å². The Balaban J connectivity index is 2.09. The molecule has 0 amide bonds. The van der Waals surface area contributed by atoms with Gasteiger partial charge in [0.15, 0.2) is 0 Å². The van der Waals surface area contributed by atoms with Crippen molar-refractivity contribution in [3.8, 4) is 0 Å². The molecule has 6 heteroatoms. The van der Waals surface area contributed by atoms with Crippen LogP contribution in [0.15, 0.2) is 0 Å². The maximum atomic E-state index is 13.0. The fourth-order valence-electron chi connectivity index (χ4n) is 2.90. The van der Waals surface area contributed by atoms with E-state index >= 15 is 0 Å². The van der Waals surface area contributed by atoms with Crippen molar-refractivity contribution in [3.63, 3.8) is 0 Å². The monoisotopic (exact) mass is 293 g/mol. The van der Waals surface area contributed by atoms with Crippen molar-refractivity contribution in [2.75, 3.05) is 13.2 Å². The van der Waals surface area contributed by atoms with Crippen LogP contribution in [0.3, 0.4) is 0 Å². The molecule has 20 heavy (non-hydrogen) atoms.